The van der Waals surface area contributed by atoms with E-state index >= 15 is 0 Å². The van der Waals surface area contributed by atoms with Crippen LogP contribution >= 0.6 is 0 Å². The number of ketones is 1. The molecule has 1 saturated heterocycles. The second kappa shape index (κ2) is 9.37. The number of Topliss-reactive ketones (excluding diaryl/α,β-unsaturated/α-hetero) is 1. The smallest absolute Gasteiger partial charge is 0.340 e. The number of carbonyl (C=O) groups excluding carboxylic acids is 2. The summed E-state index contributed by atoms with van der Waals surface area (Å²) in [7, 11) is 5.53. The summed E-state index contributed by atoms with van der Waals surface area (Å²) in [5.74, 6) is -1.46. The number of hydrogen-bond donors (Lipinski definition) is 2. The third kappa shape index (κ3) is 3.94. The van der Waals surface area contributed by atoms with E-state index in [0.29, 0.717) is 43.5 Å². The highest BCUT2D eigenvalue weighted by Gasteiger charge is 2.61. The Morgan fingerprint density at radius 1 is 1.20 bits per heavy atom. The molecule has 1 heterocycles. The molecule has 0 amide bonds. The Morgan fingerprint density at radius 3 is 2.54 bits per heavy atom. The van der Waals surface area contributed by atoms with Crippen molar-refractivity contribution in [2.45, 2.75) is 58.7 Å². The van der Waals surface area contributed by atoms with Crippen LogP contribution in [0.4, 0.5) is 0 Å². The Bertz CT molecular complexity index is 998. The lowest BCUT2D eigenvalue weighted by atomic mass is 9.54. The lowest BCUT2D eigenvalue weighted by Gasteiger charge is -2.52. The van der Waals surface area contributed by atoms with Gasteiger partial charge in [0.25, 0.3) is 0 Å². The third-order valence-corrected chi connectivity index (χ3v) is 8.97. The van der Waals surface area contributed by atoms with Gasteiger partial charge in [0.1, 0.15) is 6.10 Å². The molecule has 2 fully saturated rings. The quantitative estimate of drug-likeness (QED) is 0.417. The molecule has 1 saturated carbocycles. The summed E-state index contributed by atoms with van der Waals surface area (Å²) >= 11 is 0. The highest BCUT2D eigenvalue weighted by Crippen LogP contribution is 2.62. The minimum Gasteiger partial charge on any atom is -0.504 e. The molecular formula is C27H40N2O6. The van der Waals surface area contributed by atoms with Gasteiger partial charge in [-0.25, -0.2) is 4.79 Å². The SMILES string of the molecule is CCN(/C=C1\C(=O)OC(COC)C2(C)C3=C(C(=O)C(O)=C12)C1CCC(O)C1(C)CC3)CCN(C)C. The van der Waals surface area contributed by atoms with Gasteiger partial charge < -0.3 is 29.5 Å². The van der Waals surface area contributed by atoms with E-state index in [4.69, 9.17) is 9.47 Å². The van der Waals surface area contributed by atoms with Crippen molar-refractivity contribution >= 4 is 11.8 Å². The van der Waals surface area contributed by atoms with Crippen molar-refractivity contribution in [2.75, 3.05) is 47.4 Å². The Hall–Kier alpha value is -2.16. The van der Waals surface area contributed by atoms with Crippen LogP contribution < -0.4 is 0 Å². The number of cyclic esters (lactones) is 1. The summed E-state index contributed by atoms with van der Waals surface area (Å²) in [5.41, 5.74) is 0.830. The van der Waals surface area contributed by atoms with Gasteiger partial charge in [-0.15, -0.1) is 0 Å². The van der Waals surface area contributed by atoms with Crippen molar-refractivity contribution in [1.82, 2.24) is 9.80 Å². The van der Waals surface area contributed by atoms with Gasteiger partial charge in [-0.05, 0) is 65.1 Å². The van der Waals surface area contributed by atoms with Gasteiger partial charge in [-0.3, -0.25) is 4.79 Å². The molecule has 0 aromatic carbocycles. The molecule has 194 valence electrons. The maximum Gasteiger partial charge on any atom is 0.340 e. The fourth-order valence-corrected chi connectivity index (χ4v) is 6.71. The minimum absolute atomic E-state index is 0.130. The summed E-state index contributed by atoms with van der Waals surface area (Å²) in [5, 5.41) is 22.2. The second-order valence-corrected chi connectivity index (χ2v) is 11.1. The second-order valence-electron chi connectivity index (χ2n) is 11.1. The van der Waals surface area contributed by atoms with Crippen LogP contribution in [0.1, 0.15) is 46.5 Å². The summed E-state index contributed by atoms with van der Waals surface area (Å²) in [6, 6.07) is 0. The maximum absolute atomic E-state index is 13.8. The number of aliphatic hydroxyl groups excluding tert-OH is 2. The molecule has 8 nitrogen and oxygen atoms in total. The van der Waals surface area contributed by atoms with Crippen molar-refractivity contribution < 1.29 is 29.3 Å². The number of esters is 1. The first-order valence-electron chi connectivity index (χ1n) is 12.7. The van der Waals surface area contributed by atoms with Crippen molar-refractivity contribution in [3.8, 4) is 0 Å². The van der Waals surface area contributed by atoms with Crippen LogP contribution in [0.5, 0.6) is 0 Å². The molecule has 5 atom stereocenters. The van der Waals surface area contributed by atoms with Crippen molar-refractivity contribution in [1.29, 1.82) is 0 Å². The molecule has 8 heteroatoms. The lowest BCUT2D eigenvalue weighted by Crippen LogP contribution is -2.53. The van der Waals surface area contributed by atoms with Crippen LogP contribution in [0.25, 0.3) is 0 Å². The highest BCUT2D eigenvalue weighted by atomic mass is 16.6. The molecule has 4 rings (SSSR count). The number of allylic oxidation sites excluding steroid dienone is 1. The van der Waals surface area contributed by atoms with Crippen LogP contribution in [0.3, 0.4) is 0 Å². The Labute approximate surface area is 208 Å². The third-order valence-electron chi connectivity index (χ3n) is 8.97. The number of methoxy groups -OCH3 is 1. The zero-order chi connectivity index (χ0) is 25.7. The molecule has 0 radical (unpaired) electrons. The number of hydrogen-bond acceptors (Lipinski definition) is 8. The fourth-order valence-electron chi connectivity index (χ4n) is 6.71. The van der Waals surface area contributed by atoms with E-state index < -0.39 is 34.8 Å². The van der Waals surface area contributed by atoms with Crippen LogP contribution in [-0.4, -0.2) is 91.4 Å². The van der Waals surface area contributed by atoms with E-state index in [2.05, 4.69) is 4.90 Å². The van der Waals surface area contributed by atoms with Gasteiger partial charge >= 0.3 is 5.97 Å². The molecule has 5 unspecified atom stereocenters. The summed E-state index contributed by atoms with van der Waals surface area (Å²) in [6.45, 7) is 8.31. The zero-order valence-electron chi connectivity index (χ0n) is 21.9. The topological polar surface area (TPSA) is 99.5 Å². The van der Waals surface area contributed by atoms with Gasteiger partial charge in [0.2, 0.25) is 5.78 Å². The molecule has 0 aromatic heterocycles. The van der Waals surface area contributed by atoms with Gasteiger partial charge in [-0.1, -0.05) is 6.92 Å². The van der Waals surface area contributed by atoms with Gasteiger partial charge in [0.05, 0.1) is 23.7 Å². The first-order valence-corrected chi connectivity index (χ1v) is 12.7. The molecule has 2 N–H and O–H groups in total. The standard InChI is InChI=1S/C27H40N2O6/c1-7-29(13-12-28(4)5)14-16-22-24(32)23(31)21-17-8-9-19(30)26(17,2)11-10-18(21)27(22,3)20(15-34-6)35-25(16)33/h14,17,19-20,30,32H,7-13,15H2,1-6H3/b16-14-. The maximum atomic E-state index is 13.8. The normalized spacial score (nSPS) is 35.9. The molecular weight excluding hydrogens is 448 g/mol. The Kier molecular flexibility index (Phi) is 6.94. The van der Waals surface area contributed by atoms with Crippen LogP contribution in [0, 0.1) is 16.7 Å². The number of fused-ring (bicyclic) bond motifs is 4. The zero-order valence-corrected chi connectivity index (χ0v) is 21.9. The highest BCUT2D eigenvalue weighted by molar-refractivity contribution is 6.12. The summed E-state index contributed by atoms with van der Waals surface area (Å²) < 4.78 is 11.4. The average molecular weight is 489 g/mol. The predicted molar refractivity (Wildman–Crippen MR) is 132 cm³/mol. The van der Waals surface area contributed by atoms with E-state index in [9.17, 15) is 19.8 Å². The number of nitrogens with zero attached hydrogens (tertiary/aromatic N) is 2. The minimum atomic E-state index is -0.890. The van der Waals surface area contributed by atoms with Crippen molar-refractivity contribution in [3.05, 3.63) is 34.3 Å². The summed E-state index contributed by atoms with van der Waals surface area (Å²) in [4.78, 5) is 31.1. The van der Waals surface area contributed by atoms with Gasteiger partial charge in [0.15, 0.2) is 5.76 Å². The molecule has 0 aromatic rings. The number of aliphatic hydroxyl groups is 2. The molecule has 4 aliphatic rings. The van der Waals surface area contributed by atoms with Gasteiger partial charge in [0, 0.05) is 49.5 Å². The monoisotopic (exact) mass is 488 g/mol. The van der Waals surface area contributed by atoms with Crippen molar-refractivity contribution in [2.24, 2.45) is 16.7 Å². The molecule has 0 spiro atoms. The van der Waals surface area contributed by atoms with E-state index in [1.165, 1.54) is 0 Å². The van der Waals surface area contributed by atoms with Crippen molar-refractivity contribution in [3.63, 3.8) is 0 Å². The predicted octanol–water partition coefficient (Wildman–Crippen LogP) is 2.59. The molecule has 35 heavy (non-hydrogen) atoms. The Balaban J connectivity index is 1.87. The summed E-state index contributed by atoms with van der Waals surface area (Å²) in [6.07, 6.45) is 3.28. The van der Waals surface area contributed by atoms with E-state index in [0.717, 1.165) is 18.5 Å². The first-order chi connectivity index (χ1) is 16.5. The largest absolute Gasteiger partial charge is 0.504 e. The number of ether oxygens (including phenoxy) is 2. The van der Waals surface area contributed by atoms with Crippen LogP contribution in [-0.2, 0) is 19.1 Å². The number of carbonyl (C=O) groups is 2. The number of likely N-dealkylation sites (N-methyl/N-ethyl adjacent to an activating group) is 2. The van der Waals surface area contributed by atoms with Crippen LogP contribution in [0.2, 0.25) is 0 Å². The Morgan fingerprint density at radius 2 is 1.91 bits per heavy atom. The van der Waals surface area contributed by atoms with E-state index in [-0.39, 0.29) is 23.9 Å². The average Bonchev–Trinajstić information content (AvgIpc) is 3.11. The number of rotatable bonds is 7. The van der Waals surface area contributed by atoms with Crippen LogP contribution in [0.15, 0.2) is 34.3 Å². The first kappa shape index (κ1) is 25.9. The van der Waals surface area contributed by atoms with Gasteiger partial charge in [-0.2, -0.15) is 0 Å². The molecule has 0 bridgehead atoms. The fraction of sp³-hybridized carbons (Fsp3) is 0.704. The molecule has 1 aliphatic heterocycles. The van der Waals surface area contributed by atoms with E-state index in [1.807, 2.05) is 39.8 Å². The van der Waals surface area contributed by atoms with E-state index in [1.54, 1.807) is 13.3 Å². The lowest BCUT2D eigenvalue weighted by molar-refractivity contribution is -0.156. The molecule has 3 aliphatic carbocycles.